The van der Waals surface area contributed by atoms with Crippen molar-refractivity contribution in [3.8, 4) is 11.8 Å². The number of carboxylic acids is 1. The largest absolute Gasteiger partial charge is 0.478 e. The Kier molecular flexibility index (Phi) is 5.38. The van der Waals surface area contributed by atoms with E-state index in [1.54, 1.807) is 6.07 Å². The highest BCUT2D eigenvalue weighted by molar-refractivity contribution is 6.09. The summed E-state index contributed by atoms with van der Waals surface area (Å²) in [4.78, 5) is 23.6. The van der Waals surface area contributed by atoms with Crippen molar-refractivity contribution in [2.75, 3.05) is 5.32 Å². The van der Waals surface area contributed by atoms with Gasteiger partial charge >= 0.3 is 5.97 Å². The molecule has 1 amide bonds. The van der Waals surface area contributed by atoms with Crippen molar-refractivity contribution in [3.63, 3.8) is 0 Å². The molecule has 3 aromatic rings. The van der Waals surface area contributed by atoms with Crippen LogP contribution in [0.1, 0.15) is 21.6 Å². The van der Waals surface area contributed by atoms with Gasteiger partial charge in [0.25, 0.3) is 5.91 Å². The minimum atomic E-state index is -1.09. The molecule has 6 nitrogen and oxygen atoms in total. The minimum absolute atomic E-state index is 0.0497. The van der Waals surface area contributed by atoms with E-state index in [1.807, 2.05) is 60.2 Å². The van der Waals surface area contributed by atoms with E-state index >= 15 is 0 Å². The lowest BCUT2D eigenvalue weighted by molar-refractivity contribution is -0.112. The Labute approximate surface area is 162 Å². The summed E-state index contributed by atoms with van der Waals surface area (Å²) in [6.45, 7) is 1.98. The standard InChI is InChI=1S/C22H17N3O3/c1-15-6-2-3-10-20(15)25-11-5-9-19(25)13-17(14-23)21(26)24-18-8-4-7-16(12-18)22(27)28/h2-13H,1H3,(H,24,26)(H,27,28)/b17-13-. The summed E-state index contributed by atoms with van der Waals surface area (Å²) >= 11 is 0. The molecule has 6 heteroatoms. The normalized spacial score (nSPS) is 10.9. The van der Waals surface area contributed by atoms with Crippen molar-refractivity contribution in [2.24, 2.45) is 0 Å². The first-order valence-electron chi connectivity index (χ1n) is 8.49. The van der Waals surface area contributed by atoms with Crippen molar-refractivity contribution in [2.45, 2.75) is 6.92 Å². The van der Waals surface area contributed by atoms with Crippen LogP contribution in [0.4, 0.5) is 5.69 Å². The van der Waals surface area contributed by atoms with E-state index < -0.39 is 11.9 Å². The van der Waals surface area contributed by atoms with Crippen molar-refractivity contribution >= 4 is 23.6 Å². The number of para-hydroxylation sites is 1. The van der Waals surface area contributed by atoms with E-state index in [4.69, 9.17) is 5.11 Å². The number of hydrogen-bond donors (Lipinski definition) is 2. The Bertz CT molecular complexity index is 1120. The van der Waals surface area contributed by atoms with Crippen molar-refractivity contribution in [1.29, 1.82) is 5.26 Å². The second kappa shape index (κ2) is 8.06. The summed E-state index contributed by atoms with van der Waals surface area (Å²) in [6, 6.07) is 19.2. The lowest BCUT2D eigenvalue weighted by atomic mass is 10.1. The van der Waals surface area contributed by atoms with Gasteiger partial charge in [-0.05, 0) is 55.0 Å². The summed E-state index contributed by atoms with van der Waals surface area (Å²) in [7, 11) is 0. The zero-order chi connectivity index (χ0) is 20.1. The Morgan fingerprint density at radius 2 is 1.89 bits per heavy atom. The summed E-state index contributed by atoms with van der Waals surface area (Å²) in [5.74, 6) is -1.70. The van der Waals surface area contributed by atoms with Crippen LogP contribution in [-0.4, -0.2) is 21.6 Å². The third kappa shape index (κ3) is 4.00. The SMILES string of the molecule is Cc1ccccc1-n1cccc1/C=C(/C#N)C(=O)Nc1cccc(C(=O)O)c1. The van der Waals surface area contributed by atoms with Crippen LogP contribution in [0, 0.1) is 18.3 Å². The number of carboxylic acid groups (broad SMARTS) is 1. The number of nitrogens with zero attached hydrogens (tertiary/aromatic N) is 2. The topological polar surface area (TPSA) is 95.1 Å². The molecule has 2 N–H and O–H groups in total. The van der Waals surface area contributed by atoms with Gasteiger partial charge in [0, 0.05) is 23.3 Å². The van der Waals surface area contributed by atoms with Crippen molar-refractivity contribution < 1.29 is 14.7 Å². The minimum Gasteiger partial charge on any atom is -0.478 e. The van der Waals surface area contributed by atoms with Crippen molar-refractivity contribution in [1.82, 2.24) is 4.57 Å². The van der Waals surface area contributed by atoms with E-state index in [0.717, 1.165) is 11.3 Å². The van der Waals surface area contributed by atoms with Gasteiger partial charge in [0.1, 0.15) is 11.6 Å². The Balaban J connectivity index is 1.90. The summed E-state index contributed by atoms with van der Waals surface area (Å²) in [6.07, 6.45) is 3.36. The molecule has 0 aliphatic carbocycles. The van der Waals surface area contributed by atoms with Gasteiger partial charge in [-0.1, -0.05) is 24.3 Å². The summed E-state index contributed by atoms with van der Waals surface area (Å²) in [5.41, 5.74) is 2.95. The van der Waals surface area contributed by atoms with E-state index in [1.165, 1.54) is 24.3 Å². The van der Waals surface area contributed by atoms with Crippen LogP contribution in [0.5, 0.6) is 0 Å². The van der Waals surface area contributed by atoms with Gasteiger partial charge in [-0.25, -0.2) is 4.79 Å². The van der Waals surface area contributed by atoms with Crippen molar-refractivity contribution in [3.05, 3.63) is 89.3 Å². The smallest absolute Gasteiger partial charge is 0.335 e. The number of amides is 1. The van der Waals surface area contributed by atoms with Gasteiger partial charge in [0.15, 0.2) is 0 Å². The maximum atomic E-state index is 12.5. The van der Waals surface area contributed by atoms with E-state index in [0.29, 0.717) is 11.4 Å². The van der Waals surface area contributed by atoms with Gasteiger partial charge in [-0.15, -0.1) is 0 Å². The van der Waals surface area contributed by atoms with Crippen LogP contribution in [0.15, 0.2) is 72.4 Å². The fourth-order valence-corrected chi connectivity index (χ4v) is 2.79. The molecule has 28 heavy (non-hydrogen) atoms. The van der Waals surface area contributed by atoms with Crippen LogP contribution in [0.3, 0.4) is 0 Å². The fourth-order valence-electron chi connectivity index (χ4n) is 2.79. The van der Waals surface area contributed by atoms with Crippen LogP contribution < -0.4 is 5.32 Å². The molecule has 3 rings (SSSR count). The van der Waals surface area contributed by atoms with E-state index in [2.05, 4.69) is 5.32 Å². The first-order valence-corrected chi connectivity index (χ1v) is 8.49. The number of benzene rings is 2. The third-order valence-electron chi connectivity index (χ3n) is 4.18. The maximum absolute atomic E-state index is 12.5. The predicted octanol–water partition coefficient (Wildman–Crippen LogP) is 4.03. The average molecular weight is 371 g/mol. The molecule has 0 radical (unpaired) electrons. The number of hydrogen-bond acceptors (Lipinski definition) is 3. The molecule has 0 unspecified atom stereocenters. The van der Waals surface area contributed by atoms with Crippen LogP contribution in [0.25, 0.3) is 11.8 Å². The first-order chi connectivity index (χ1) is 13.5. The molecule has 0 atom stereocenters. The summed E-state index contributed by atoms with van der Waals surface area (Å²) < 4.78 is 1.89. The molecule has 1 heterocycles. The average Bonchev–Trinajstić information content (AvgIpc) is 3.14. The number of nitrogens with one attached hydrogen (secondary N) is 1. The molecule has 0 bridgehead atoms. The number of nitriles is 1. The molecule has 0 fully saturated rings. The number of carbonyl (C=O) groups is 2. The fraction of sp³-hybridized carbons (Fsp3) is 0.0455. The first kappa shape index (κ1) is 18.7. The third-order valence-corrected chi connectivity index (χ3v) is 4.18. The maximum Gasteiger partial charge on any atom is 0.335 e. The Morgan fingerprint density at radius 1 is 1.11 bits per heavy atom. The van der Waals surface area contributed by atoms with Crippen LogP contribution >= 0.6 is 0 Å². The van der Waals surface area contributed by atoms with E-state index in [9.17, 15) is 14.9 Å². The Hall–Kier alpha value is -4.11. The molecular formula is C22H17N3O3. The quantitative estimate of drug-likeness (QED) is 0.523. The van der Waals surface area contributed by atoms with Gasteiger partial charge in [0.05, 0.1) is 5.56 Å². The highest BCUT2D eigenvalue weighted by Crippen LogP contribution is 2.19. The number of aryl methyl sites for hydroxylation is 1. The Morgan fingerprint density at radius 3 is 2.61 bits per heavy atom. The van der Waals surface area contributed by atoms with Gasteiger partial charge in [0.2, 0.25) is 0 Å². The molecule has 2 aromatic carbocycles. The van der Waals surface area contributed by atoms with Gasteiger partial charge in [-0.3, -0.25) is 4.79 Å². The molecule has 1 aromatic heterocycles. The predicted molar refractivity (Wildman–Crippen MR) is 106 cm³/mol. The number of rotatable bonds is 5. The zero-order valence-electron chi connectivity index (χ0n) is 15.1. The van der Waals surface area contributed by atoms with Crippen LogP contribution in [-0.2, 0) is 4.79 Å². The molecule has 0 aliphatic heterocycles. The second-order valence-corrected chi connectivity index (χ2v) is 6.10. The zero-order valence-corrected chi connectivity index (χ0v) is 15.1. The number of anilines is 1. The lowest BCUT2D eigenvalue weighted by Crippen LogP contribution is -2.14. The molecule has 138 valence electrons. The van der Waals surface area contributed by atoms with E-state index in [-0.39, 0.29) is 11.1 Å². The highest BCUT2D eigenvalue weighted by atomic mass is 16.4. The monoisotopic (exact) mass is 371 g/mol. The molecule has 0 aliphatic rings. The molecule has 0 saturated heterocycles. The second-order valence-electron chi connectivity index (χ2n) is 6.10. The van der Waals surface area contributed by atoms with Crippen LogP contribution in [0.2, 0.25) is 0 Å². The van der Waals surface area contributed by atoms with Gasteiger partial charge < -0.3 is 15.0 Å². The highest BCUT2D eigenvalue weighted by Gasteiger charge is 2.13. The molecular weight excluding hydrogens is 354 g/mol. The lowest BCUT2D eigenvalue weighted by Gasteiger charge is -2.10. The molecule has 0 spiro atoms. The summed E-state index contributed by atoms with van der Waals surface area (Å²) in [5, 5.41) is 21.1. The number of carbonyl (C=O) groups excluding carboxylic acids is 1. The molecule has 0 saturated carbocycles. The number of aromatic nitrogens is 1. The number of aromatic carboxylic acids is 1. The van der Waals surface area contributed by atoms with Gasteiger partial charge in [-0.2, -0.15) is 5.26 Å².